The van der Waals surface area contributed by atoms with E-state index < -0.39 is 11.8 Å². The van der Waals surface area contributed by atoms with Gasteiger partial charge in [0.05, 0.1) is 6.04 Å². The van der Waals surface area contributed by atoms with E-state index in [9.17, 15) is 9.59 Å². The summed E-state index contributed by atoms with van der Waals surface area (Å²) in [6, 6.07) is 4.09. The molecule has 1 aliphatic rings. The Morgan fingerprint density at radius 1 is 1.18 bits per heavy atom. The van der Waals surface area contributed by atoms with E-state index in [4.69, 9.17) is 0 Å². The van der Waals surface area contributed by atoms with Crippen molar-refractivity contribution >= 4 is 23.2 Å². The van der Waals surface area contributed by atoms with Crippen molar-refractivity contribution in [2.45, 2.75) is 32.9 Å². The number of hydrogen-bond acceptors (Lipinski definition) is 6. The van der Waals surface area contributed by atoms with Gasteiger partial charge in [-0.3, -0.25) is 14.5 Å². The van der Waals surface area contributed by atoms with Crippen molar-refractivity contribution in [2.75, 3.05) is 59.4 Å². The molecule has 0 bridgehead atoms. The Labute approximate surface area is 173 Å². The molecule has 28 heavy (non-hydrogen) atoms. The Kier molecular flexibility index (Phi) is 9.37. The van der Waals surface area contributed by atoms with Crippen molar-refractivity contribution in [2.24, 2.45) is 0 Å². The van der Waals surface area contributed by atoms with Crippen LogP contribution < -0.4 is 10.6 Å². The van der Waals surface area contributed by atoms with Gasteiger partial charge in [0, 0.05) is 50.2 Å². The lowest BCUT2D eigenvalue weighted by Crippen LogP contribution is -2.53. The molecule has 2 N–H and O–H groups in total. The van der Waals surface area contributed by atoms with Crippen LogP contribution in [0.1, 0.15) is 31.7 Å². The van der Waals surface area contributed by atoms with Gasteiger partial charge in [-0.25, -0.2) is 0 Å². The summed E-state index contributed by atoms with van der Waals surface area (Å²) in [6.45, 7) is 13.2. The fraction of sp³-hybridized carbons (Fsp3) is 0.700. The summed E-state index contributed by atoms with van der Waals surface area (Å²) in [4.78, 5) is 32.8. The maximum Gasteiger partial charge on any atom is 0.309 e. The van der Waals surface area contributed by atoms with Gasteiger partial charge >= 0.3 is 11.8 Å². The fourth-order valence-electron chi connectivity index (χ4n) is 3.60. The van der Waals surface area contributed by atoms with Crippen LogP contribution in [0.5, 0.6) is 0 Å². The first kappa shape index (κ1) is 22.8. The van der Waals surface area contributed by atoms with Crippen LogP contribution in [-0.2, 0) is 9.59 Å². The molecule has 1 fully saturated rings. The highest BCUT2D eigenvalue weighted by atomic mass is 32.1. The summed E-state index contributed by atoms with van der Waals surface area (Å²) >= 11 is 1.70. The molecule has 2 heterocycles. The Morgan fingerprint density at radius 2 is 1.86 bits per heavy atom. The van der Waals surface area contributed by atoms with E-state index in [0.29, 0.717) is 6.54 Å². The number of rotatable bonds is 9. The summed E-state index contributed by atoms with van der Waals surface area (Å²) in [5.74, 6) is -1.11. The minimum absolute atomic E-state index is 0.0844. The second-order valence-corrected chi connectivity index (χ2v) is 8.32. The van der Waals surface area contributed by atoms with Crippen molar-refractivity contribution in [3.05, 3.63) is 22.4 Å². The van der Waals surface area contributed by atoms with E-state index in [1.54, 1.807) is 11.3 Å². The predicted octanol–water partition coefficient (Wildman–Crippen LogP) is 0.999. The Balaban J connectivity index is 1.92. The first-order valence-corrected chi connectivity index (χ1v) is 11.1. The van der Waals surface area contributed by atoms with Gasteiger partial charge in [-0.2, -0.15) is 0 Å². The number of thiophene rings is 1. The lowest BCUT2D eigenvalue weighted by Gasteiger charge is -2.40. The van der Waals surface area contributed by atoms with E-state index in [1.807, 2.05) is 13.0 Å². The number of nitrogens with zero attached hydrogens (tertiary/aromatic N) is 3. The highest BCUT2D eigenvalue weighted by Crippen LogP contribution is 2.29. The van der Waals surface area contributed by atoms with E-state index in [2.05, 4.69) is 57.7 Å². The number of carbonyl (C=O) groups excluding carboxylic acids is 2. The molecule has 0 unspecified atom stereocenters. The van der Waals surface area contributed by atoms with E-state index in [1.165, 1.54) is 4.88 Å². The normalized spacial score (nSPS) is 18.0. The standard InChI is InChI=1S/C20H35N5O2S/c1-5-24(6-2)10-9-21-19(26)20(27)22-16(3)18(17-8-7-15-28-17)25-13-11-23(4)12-14-25/h7-8,15-16,18H,5-6,9-14H2,1-4H3,(H,21,26)(H,22,27)/t16-,18-/m1/s1. The van der Waals surface area contributed by atoms with Crippen LogP contribution in [0.2, 0.25) is 0 Å². The number of amides is 2. The zero-order valence-electron chi connectivity index (χ0n) is 17.6. The first-order valence-electron chi connectivity index (χ1n) is 10.2. The highest BCUT2D eigenvalue weighted by Gasteiger charge is 2.31. The molecule has 0 spiro atoms. The van der Waals surface area contributed by atoms with Crippen molar-refractivity contribution in [1.82, 2.24) is 25.3 Å². The number of carbonyl (C=O) groups is 2. The van der Waals surface area contributed by atoms with E-state index >= 15 is 0 Å². The topological polar surface area (TPSA) is 67.9 Å². The lowest BCUT2D eigenvalue weighted by molar-refractivity contribution is -0.139. The summed E-state index contributed by atoms with van der Waals surface area (Å²) in [5, 5.41) is 7.73. The van der Waals surface area contributed by atoms with Crippen LogP contribution in [-0.4, -0.2) is 92.0 Å². The van der Waals surface area contributed by atoms with Crippen LogP contribution in [0.25, 0.3) is 0 Å². The predicted molar refractivity (Wildman–Crippen MR) is 115 cm³/mol. The molecule has 1 aromatic rings. The summed E-state index contributed by atoms with van der Waals surface area (Å²) in [7, 11) is 2.13. The molecule has 1 saturated heterocycles. The molecule has 0 aromatic carbocycles. The van der Waals surface area contributed by atoms with Gasteiger partial charge in [0.15, 0.2) is 0 Å². The number of piperazine rings is 1. The van der Waals surface area contributed by atoms with Gasteiger partial charge in [-0.05, 0) is 38.5 Å². The van der Waals surface area contributed by atoms with Gasteiger partial charge < -0.3 is 20.4 Å². The second kappa shape index (κ2) is 11.5. The number of hydrogen-bond donors (Lipinski definition) is 2. The second-order valence-electron chi connectivity index (χ2n) is 7.34. The fourth-order valence-corrected chi connectivity index (χ4v) is 4.57. The molecule has 2 atom stereocenters. The minimum atomic E-state index is -0.553. The summed E-state index contributed by atoms with van der Waals surface area (Å²) in [6.07, 6.45) is 0. The molecule has 2 amide bonds. The molecular formula is C20H35N5O2S. The summed E-state index contributed by atoms with van der Waals surface area (Å²) in [5.41, 5.74) is 0. The van der Waals surface area contributed by atoms with E-state index in [0.717, 1.165) is 45.8 Å². The maximum atomic E-state index is 12.4. The Morgan fingerprint density at radius 3 is 2.43 bits per heavy atom. The van der Waals surface area contributed by atoms with Crippen LogP contribution >= 0.6 is 11.3 Å². The average molecular weight is 410 g/mol. The Hall–Kier alpha value is -1.48. The maximum absolute atomic E-state index is 12.4. The number of likely N-dealkylation sites (N-methyl/N-ethyl adjacent to an activating group) is 2. The third-order valence-electron chi connectivity index (χ3n) is 5.41. The first-order chi connectivity index (χ1) is 13.5. The third kappa shape index (κ3) is 6.55. The van der Waals surface area contributed by atoms with Gasteiger partial charge in [0.2, 0.25) is 0 Å². The zero-order chi connectivity index (χ0) is 20.5. The molecule has 7 nitrogen and oxygen atoms in total. The molecule has 2 rings (SSSR count). The molecule has 1 aliphatic heterocycles. The SMILES string of the molecule is CCN(CC)CCNC(=O)C(=O)N[C@H](C)[C@H](c1cccs1)N1CCN(C)CC1. The van der Waals surface area contributed by atoms with Crippen LogP contribution in [0, 0.1) is 0 Å². The molecule has 1 aromatic heterocycles. The van der Waals surface area contributed by atoms with Crippen LogP contribution in [0.3, 0.4) is 0 Å². The monoisotopic (exact) mass is 409 g/mol. The Bertz CT molecular complexity index is 598. The zero-order valence-corrected chi connectivity index (χ0v) is 18.4. The summed E-state index contributed by atoms with van der Waals surface area (Å²) < 4.78 is 0. The van der Waals surface area contributed by atoms with Crippen LogP contribution in [0.15, 0.2) is 17.5 Å². The number of nitrogens with one attached hydrogen (secondary N) is 2. The molecule has 0 radical (unpaired) electrons. The lowest BCUT2D eigenvalue weighted by atomic mass is 10.0. The van der Waals surface area contributed by atoms with Gasteiger partial charge in [-0.15, -0.1) is 11.3 Å². The van der Waals surface area contributed by atoms with Gasteiger partial charge in [-0.1, -0.05) is 19.9 Å². The molecule has 0 saturated carbocycles. The van der Waals surface area contributed by atoms with Crippen LogP contribution in [0.4, 0.5) is 0 Å². The molecule has 0 aliphatic carbocycles. The van der Waals surface area contributed by atoms with Crippen molar-refractivity contribution in [3.63, 3.8) is 0 Å². The molecule has 158 valence electrons. The van der Waals surface area contributed by atoms with Gasteiger partial charge in [0.25, 0.3) is 0 Å². The smallest absolute Gasteiger partial charge is 0.309 e. The highest BCUT2D eigenvalue weighted by molar-refractivity contribution is 7.10. The molecular weight excluding hydrogens is 374 g/mol. The average Bonchev–Trinajstić information content (AvgIpc) is 3.21. The minimum Gasteiger partial charge on any atom is -0.347 e. The van der Waals surface area contributed by atoms with Crippen molar-refractivity contribution in [3.8, 4) is 0 Å². The van der Waals surface area contributed by atoms with Gasteiger partial charge in [0.1, 0.15) is 0 Å². The molecule has 8 heteroatoms. The third-order valence-corrected chi connectivity index (χ3v) is 6.36. The van der Waals surface area contributed by atoms with E-state index in [-0.39, 0.29) is 12.1 Å². The largest absolute Gasteiger partial charge is 0.347 e. The van der Waals surface area contributed by atoms with Crippen molar-refractivity contribution in [1.29, 1.82) is 0 Å². The van der Waals surface area contributed by atoms with Crippen molar-refractivity contribution < 1.29 is 9.59 Å². The quantitative estimate of drug-likeness (QED) is 0.596.